The number of aromatic nitrogens is 2. The number of amides is 1. The number of carbonyl (C=O) groups excluding carboxylic acids is 1. The number of pyridine rings is 2. The summed E-state index contributed by atoms with van der Waals surface area (Å²) < 4.78 is 17.6. The molecule has 2 heterocycles. The third kappa shape index (κ3) is 3.46. The van der Waals surface area contributed by atoms with Gasteiger partial charge in [-0.3, -0.25) is 19.0 Å². The number of rotatable bonds is 6. The van der Waals surface area contributed by atoms with Gasteiger partial charge in [0.2, 0.25) is 0 Å². The molecule has 7 nitrogen and oxygen atoms in total. The minimum atomic E-state index is -0.631. The normalized spacial score (nSPS) is 10.7. The van der Waals surface area contributed by atoms with E-state index in [4.69, 9.17) is 10.5 Å². The highest BCUT2D eigenvalue weighted by Crippen LogP contribution is 2.34. The van der Waals surface area contributed by atoms with Gasteiger partial charge in [-0.25, -0.2) is 0 Å². The van der Waals surface area contributed by atoms with Gasteiger partial charge < -0.3 is 20.8 Å². The van der Waals surface area contributed by atoms with Crippen LogP contribution in [0, 0.1) is 0 Å². The smallest absolute Gasteiger partial charge is 0.263 e. The van der Waals surface area contributed by atoms with Crippen molar-refractivity contribution in [1.82, 2.24) is 15.3 Å². The number of nitrogens with zero attached hydrogens (tertiary/aromatic N) is 1. The topological polar surface area (TPSA) is 110 Å². The molecule has 0 aliphatic rings. The van der Waals surface area contributed by atoms with E-state index in [2.05, 4.69) is 15.3 Å². The summed E-state index contributed by atoms with van der Waals surface area (Å²) in [6, 6.07) is 7.00. The zero-order valence-corrected chi connectivity index (χ0v) is 14.7. The molecule has 3 rings (SSSR count). The number of anilines is 1. The summed E-state index contributed by atoms with van der Waals surface area (Å²) in [6.07, 6.45) is 3.40. The number of fused-ring (bicyclic) bond motifs is 1. The third-order valence-electron chi connectivity index (χ3n) is 4.20. The van der Waals surface area contributed by atoms with E-state index in [0.717, 1.165) is 0 Å². The molecule has 0 radical (unpaired) electrons. The zero-order valence-electron chi connectivity index (χ0n) is 14.7. The summed E-state index contributed by atoms with van der Waals surface area (Å²) in [5, 5.41) is 3.02. The summed E-state index contributed by atoms with van der Waals surface area (Å²) in [6.45, 7) is -0.431. The molecular weight excluding hydrogens is 351 g/mol. The van der Waals surface area contributed by atoms with Crippen LogP contribution in [0.2, 0.25) is 0 Å². The molecule has 4 N–H and O–H groups in total. The fourth-order valence-electron chi connectivity index (χ4n) is 2.91. The number of hydrogen-bond donors (Lipinski definition) is 3. The largest absolute Gasteiger partial charge is 0.496 e. The Labute approximate surface area is 154 Å². The molecule has 0 fully saturated rings. The summed E-state index contributed by atoms with van der Waals surface area (Å²) in [5.74, 6) is -0.0431. The van der Waals surface area contributed by atoms with Crippen molar-refractivity contribution in [1.29, 1.82) is 0 Å². The highest BCUT2D eigenvalue weighted by Gasteiger charge is 2.19. The number of halogens is 1. The maximum Gasteiger partial charge on any atom is 0.263 e. The Bertz CT molecular complexity index is 1050. The van der Waals surface area contributed by atoms with Crippen molar-refractivity contribution in [3.8, 4) is 16.9 Å². The van der Waals surface area contributed by atoms with Crippen LogP contribution in [0.15, 0.2) is 41.5 Å². The van der Waals surface area contributed by atoms with E-state index in [1.54, 1.807) is 43.8 Å². The van der Waals surface area contributed by atoms with Crippen molar-refractivity contribution >= 4 is 22.5 Å². The summed E-state index contributed by atoms with van der Waals surface area (Å²) in [4.78, 5) is 31.7. The lowest BCUT2D eigenvalue weighted by molar-refractivity contribution is 0.0952. The van der Waals surface area contributed by atoms with Crippen LogP contribution in [0.3, 0.4) is 0 Å². The zero-order chi connectivity index (χ0) is 19.4. The van der Waals surface area contributed by atoms with E-state index in [9.17, 15) is 14.0 Å². The van der Waals surface area contributed by atoms with Gasteiger partial charge >= 0.3 is 0 Å². The molecule has 0 bridgehead atoms. The van der Waals surface area contributed by atoms with Crippen LogP contribution in [0.4, 0.5) is 10.1 Å². The number of carbonyl (C=O) groups is 1. The first-order valence-corrected chi connectivity index (χ1v) is 8.35. The van der Waals surface area contributed by atoms with Gasteiger partial charge in [-0.1, -0.05) is 18.2 Å². The number of hydrogen-bond acceptors (Lipinski definition) is 5. The van der Waals surface area contributed by atoms with Crippen LogP contribution in [-0.4, -0.2) is 36.2 Å². The summed E-state index contributed by atoms with van der Waals surface area (Å²) in [7, 11) is 1.54. The molecule has 27 heavy (non-hydrogen) atoms. The first kappa shape index (κ1) is 18.4. The molecule has 2 aromatic heterocycles. The van der Waals surface area contributed by atoms with Crippen LogP contribution < -0.4 is 21.3 Å². The Morgan fingerprint density at radius 1 is 1.33 bits per heavy atom. The van der Waals surface area contributed by atoms with Crippen molar-refractivity contribution in [3.05, 3.63) is 52.6 Å². The average Bonchev–Trinajstić information content (AvgIpc) is 2.68. The fourth-order valence-corrected chi connectivity index (χ4v) is 2.91. The molecular formula is C19H19FN4O3. The fraction of sp³-hybridized carbons (Fsp3) is 0.211. The van der Waals surface area contributed by atoms with Gasteiger partial charge in [0.25, 0.3) is 11.5 Å². The monoisotopic (exact) mass is 370 g/mol. The number of H-pyrrole nitrogens is 1. The second-order valence-electron chi connectivity index (χ2n) is 5.85. The van der Waals surface area contributed by atoms with Gasteiger partial charge in [-0.05, 0) is 12.5 Å². The lowest BCUT2D eigenvalue weighted by Gasteiger charge is -2.13. The average molecular weight is 370 g/mol. The van der Waals surface area contributed by atoms with Gasteiger partial charge in [0.05, 0.1) is 25.0 Å². The van der Waals surface area contributed by atoms with E-state index in [1.165, 1.54) is 0 Å². The van der Waals surface area contributed by atoms with Crippen LogP contribution >= 0.6 is 0 Å². The molecule has 3 aromatic rings. The summed E-state index contributed by atoms with van der Waals surface area (Å²) >= 11 is 0. The number of methoxy groups -OCH3 is 1. The second kappa shape index (κ2) is 7.86. The van der Waals surface area contributed by atoms with Gasteiger partial charge in [0.1, 0.15) is 11.3 Å². The van der Waals surface area contributed by atoms with Crippen molar-refractivity contribution < 1.29 is 13.9 Å². The predicted molar refractivity (Wildman–Crippen MR) is 102 cm³/mol. The van der Waals surface area contributed by atoms with Crippen molar-refractivity contribution in [3.63, 3.8) is 0 Å². The van der Waals surface area contributed by atoms with Crippen LogP contribution in [0.5, 0.6) is 5.75 Å². The minimum Gasteiger partial charge on any atom is -0.496 e. The SMILES string of the molecule is COc1ccncc1-c1cccc2c(N)c(C(=O)NCCCF)c(=O)[nH]c12. The number of aromatic amines is 1. The number of alkyl halides is 1. The Hall–Kier alpha value is -3.42. The molecule has 0 unspecified atom stereocenters. The predicted octanol–water partition coefficient (Wildman–Crippen LogP) is 2.27. The van der Waals surface area contributed by atoms with E-state index in [1.807, 2.05) is 0 Å². The number of nitrogens with one attached hydrogen (secondary N) is 2. The number of para-hydroxylation sites is 1. The molecule has 140 valence electrons. The molecule has 0 atom stereocenters. The maximum atomic E-state index is 12.5. The van der Waals surface area contributed by atoms with Gasteiger partial charge in [-0.15, -0.1) is 0 Å². The Kier molecular flexibility index (Phi) is 5.35. The number of nitrogens with two attached hydrogens (primary N) is 1. The summed E-state index contributed by atoms with van der Waals surface area (Å²) in [5.41, 5.74) is 7.24. The lowest BCUT2D eigenvalue weighted by atomic mass is 10.0. The van der Waals surface area contributed by atoms with Gasteiger partial charge in [0.15, 0.2) is 0 Å². The Morgan fingerprint density at radius 3 is 2.89 bits per heavy atom. The van der Waals surface area contributed by atoms with Crippen LogP contribution in [0.25, 0.3) is 22.0 Å². The van der Waals surface area contributed by atoms with Crippen molar-refractivity contribution in [2.75, 3.05) is 26.1 Å². The second-order valence-corrected chi connectivity index (χ2v) is 5.85. The molecule has 0 spiro atoms. The molecule has 0 aliphatic heterocycles. The molecule has 8 heteroatoms. The number of ether oxygens (including phenoxy) is 1. The van der Waals surface area contributed by atoms with Crippen molar-refractivity contribution in [2.45, 2.75) is 6.42 Å². The number of nitrogen functional groups attached to an aromatic ring is 1. The van der Waals surface area contributed by atoms with E-state index >= 15 is 0 Å². The quantitative estimate of drug-likeness (QED) is 0.577. The van der Waals surface area contributed by atoms with Crippen LogP contribution in [-0.2, 0) is 0 Å². The number of benzene rings is 1. The first-order chi connectivity index (χ1) is 13.1. The third-order valence-corrected chi connectivity index (χ3v) is 4.20. The van der Waals surface area contributed by atoms with E-state index < -0.39 is 18.1 Å². The Morgan fingerprint density at radius 2 is 2.15 bits per heavy atom. The lowest BCUT2D eigenvalue weighted by Crippen LogP contribution is -2.31. The van der Waals surface area contributed by atoms with E-state index in [0.29, 0.717) is 27.8 Å². The minimum absolute atomic E-state index is 0.0659. The van der Waals surface area contributed by atoms with Crippen LogP contribution in [0.1, 0.15) is 16.8 Å². The first-order valence-electron chi connectivity index (χ1n) is 8.35. The molecule has 0 saturated carbocycles. The maximum absolute atomic E-state index is 12.5. The molecule has 0 aliphatic carbocycles. The highest BCUT2D eigenvalue weighted by molar-refractivity contribution is 6.09. The highest BCUT2D eigenvalue weighted by atomic mass is 19.1. The molecule has 1 amide bonds. The van der Waals surface area contributed by atoms with E-state index in [-0.39, 0.29) is 24.2 Å². The molecule has 1 aromatic carbocycles. The Balaban J connectivity index is 2.16. The molecule has 0 saturated heterocycles. The van der Waals surface area contributed by atoms with Crippen molar-refractivity contribution in [2.24, 2.45) is 0 Å². The standard InChI is InChI=1S/C19H19FN4O3/c1-27-14-6-9-22-10-13(14)11-4-2-5-12-16(21)15(19(26)24-17(11)12)18(25)23-8-3-7-20/h2,4-6,9-10H,3,7-8H2,1H3,(H,23,25)(H3,21,24,26). The van der Waals surface area contributed by atoms with Gasteiger partial charge in [0, 0.05) is 35.5 Å². The van der Waals surface area contributed by atoms with Gasteiger partial charge in [-0.2, -0.15) is 0 Å².